The molecular weight excluding hydrogens is 286 g/mol. The van der Waals surface area contributed by atoms with E-state index in [-0.39, 0.29) is 5.54 Å². The van der Waals surface area contributed by atoms with Gasteiger partial charge in [-0.1, -0.05) is 11.6 Å². The van der Waals surface area contributed by atoms with Crippen LogP contribution in [0.3, 0.4) is 0 Å². The fourth-order valence-electron chi connectivity index (χ4n) is 1.63. The van der Waals surface area contributed by atoms with Crippen molar-refractivity contribution < 1.29 is 4.74 Å². The summed E-state index contributed by atoms with van der Waals surface area (Å²) in [5.74, 6) is 1.01. The van der Waals surface area contributed by atoms with E-state index in [9.17, 15) is 0 Å². The molecule has 2 rings (SSSR count). The van der Waals surface area contributed by atoms with Gasteiger partial charge < -0.3 is 10.1 Å². The third kappa shape index (κ3) is 4.99. The number of hydrogen-bond donors (Lipinski definition) is 1. The predicted octanol–water partition coefficient (Wildman–Crippen LogP) is 4.12. The lowest BCUT2D eigenvalue weighted by molar-refractivity contribution is 0.423. The molecule has 0 saturated heterocycles. The second kappa shape index (κ2) is 6.41. The Kier molecular flexibility index (Phi) is 4.80. The van der Waals surface area contributed by atoms with E-state index in [1.165, 1.54) is 0 Å². The van der Waals surface area contributed by atoms with E-state index < -0.39 is 0 Å². The van der Waals surface area contributed by atoms with Crippen molar-refractivity contribution in [3.8, 4) is 11.6 Å². The van der Waals surface area contributed by atoms with Gasteiger partial charge in [0, 0.05) is 24.0 Å². The number of nitrogens with one attached hydrogen (secondary N) is 1. The molecule has 0 aliphatic rings. The van der Waals surface area contributed by atoms with Crippen molar-refractivity contribution in [3.63, 3.8) is 0 Å². The van der Waals surface area contributed by atoms with Crippen molar-refractivity contribution in [1.82, 2.24) is 15.3 Å². The van der Waals surface area contributed by atoms with Gasteiger partial charge in [-0.2, -0.15) is 0 Å². The molecule has 0 aliphatic carbocycles. The average Bonchev–Trinajstić information content (AvgIpc) is 2.41. The van der Waals surface area contributed by atoms with Gasteiger partial charge in [-0.3, -0.25) is 4.98 Å². The van der Waals surface area contributed by atoms with E-state index in [2.05, 4.69) is 36.1 Å². The van der Waals surface area contributed by atoms with Crippen LogP contribution in [0.4, 0.5) is 0 Å². The third-order valence-electron chi connectivity index (χ3n) is 2.79. The Morgan fingerprint density at radius 1 is 1.19 bits per heavy atom. The van der Waals surface area contributed by atoms with Crippen LogP contribution in [0, 0.1) is 6.92 Å². The largest absolute Gasteiger partial charge is 0.436 e. The number of ether oxygens (including phenoxy) is 1. The second-order valence-corrected chi connectivity index (χ2v) is 6.38. The highest BCUT2D eigenvalue weighted by molar-refractivity contribution is 6.31. The zero-order valence-corrected chi connectivity index (χ0v) is 13.5. The molecule has 4 nitrogen and oxygen atoms in total. The van der Waals surface area contributed by atoms with Gasteiger partial charge in [-0.05, 0) is 51.5 Å². The molecule has 0 radical (unpaired) electrons. The van der Waals surface area contributed by atoms with Crippen LogP contribution in [0.5, 0.6) is 11.6 Å². The topological polar surface area (TPSA) is 47.0 Å². The summed E-state index contributed by atoms with van der Waals surface area (Å²) < 4.78 is 5.64. The first-order valence-corrected chi connectivity index (χ1v) is 7.21. The lowest BCUT2D eigenvalue weighted by atomic mass is 10.1. The minimum absolute atomic E-state index is 0.0508. The van der Waals surface area contributed by atoms with Gasteiger partial charge in [0.15, 0.2) is 0 Å². The Hall–Kier alpha value is -1.65. The molecule has 0 aliphatic heterocycles. The molecule has 0 fully saturated rings. The fraction of sp³-hybridized carbons (Fsp3) is 0.375. The Labute approximate surface area is 130 Å². The quantitative estimate of drug-likeness (QED) is 0.923. The average molecular weight is 306 g/mol. The summed E-state index contributed by atoms with van der Waals surface area (Å²) >= 11 is 6.22. The van der Waals surface area contributed by atoms with Crippen LogP contribution in [-0.4, -0.2) is 15.5 Å². The SMILES string of the molecule is Cc1ccc(Oc2ncc(CNC(C)(C)C)cc2Cl)cn1. The summed E-state index contributed by atoms with van der Waals surface area (Å²) in [6, 6.07) is 5.59. The molecule has 2 aromatic heterocycles. The van der Waals surface area contributed by atoms with E-state index in [0.29, 0.717) is 23.2 Å². The highest BCUT2D eigenvalue weighted by Crippen LogP contribution is 2.27. The van der Waals surface area contributed by atoms with Crippen LogP contribution in [0.1, 0.15) is 32.0 Å². The molecule has 0 aromatic carbocycles. The summed E-state index contributed by atoms with van der Waals surface area (Å²) in [7, 11) is 0. The van der Waals surface area contributed by atoms with Crippen molar-refractivity contribution in [3.05, 3.63) is 46.9 Å². The van der Waals surface area contributed by atoms with Crippen LogP contribution in [0.15, 0.2) is 30.6 Å². The Bertz CT molecular complexity index is 606. The van der Waals surface area contributed by atoms with E-state index in [1.807, 2.05) is 25.1 Å². The van der Waals surface area contributed by atoms with Crippen molar-refractivity contribution >= 4 is 11.6 Å². The Balaban J connectivity index is 2.07. The molecule has 0 saturated carbocycles. The van der Waals surface area contributed by atoms with Gasteiger partial charge in [0.25, 0.3) is 0 Å². The lowest BCUT2D eigenvalue weighted by Gasteiger charge is -2.20. The van der Waals surface area contributed by atoms with E-state index in [1.54, 1.807) is 12.4 Å². The van der Waals surface area contributed by atoms with Crippen molar-refractivity contribution in [2.24, 2.45) is 0 Å². The first-order valence-electron chi connectivity index (χ1n) is 6.83. The Morgan fingerprint density at radius 2 is 1.95 bits per heavy atom. The molecule has 0 unspecified atom stereocenters. The van der Waals surface area contributed by atoms with Crippen molar-refractivity contribution in [1.29, 1.82) is 0 Å². The van der Waals surface area contributed by atoms with Gasteiger partial charge in [0.2, 0.25) is 5.88 Å². The van der Waals surface area contributed by atoms with E-state index >= 15 is 0 Å². The Morgan fingerprint density at radius 3 is 2.52 bits per heavy atom. The van der Waals surface area contributed by atoms with Crippen LogP contribution >= 0.6 is 11.6 Å². The first-order chi connectivity index (χ1) is 9.83. The number of pyridine rings is 2. The number of halogens is 1. The highest BCUT2D eigenvalue weighted by atomic mass is 35.5. The third-order valence-corrected chi connectivity index (χ3v) is 3.06. The summed E-state index contributed by atoms with van der Waals surface area (Å²) in [6.07, 6.45) is 3.42. The molecule has 1 N–H and O–H groups in total. The van der Waals surface area contributed by atoms with Crippen LogP contribution in [0.2, 0.25) is 5.02 Å². The number of rotatable bonds is 4. The molecule has 0 bridgehead atoms. The summed E-state index contributed by atoms with van der Waals surface area (Å²) in [6.45, 7) is 8.98. The maximum Gasteiger partial charge on any atom is 0.238 e. The number of aromatic nitrogens is 2. The molecular formula is C16H20ClN3O. The summed E-state index contributed by atoms with van der Waals surface area (Å²) in [4.78, 5) is 8.45. The van der Waals surface area contributed by atoms with Crippen LogP contribution in [0.25, 0.3) is 0 Å². The van der Waals surface area contributed by atoms with Crippen LogP contribution < -0.4 is 10.1 Å². The second-order valence-electron chi connectivity index (χ2n) is 5.97. The molecule has 2 aromatic rings. The van der Waals surface area contributed by atoms with Gasteiger partial charge in [-0.15, -0.1) is 0 Å². The maximum absolute atomic E-state index is 6.22. The van der Waals surface area contributed by atoms with Gasteiger partial charge >= 0.3 is 0 Å². The van der Waals surface area contributed by atoms with Crippen molar-refractivity contribution in [2.45, 2.75) is 39.8 Å². The first kappa shape index (κ1) is 15.7. The summed E-state index contributed by atoms with van der Waals surface area (Å²) in [5.41, 5.74) is 2.00. The molecule has 2 heterocycles. The van der Waals surface area contributed by atoms with Crippen molar-refractivity contribution in [2.75, 3.05) is 0 Å². The molecule has 21 heavy (non-hydrogen) atoms. The highest BCUT2D eigenvalue weighted by Gasteiger charge is 2.11. The zero-order valence-electron chi connectivity index (χ0n) is 12.8. The zero-order chi connectivity index (χ0) is 15.5. The molecule has 5 heteroatoms. The normalized spacial score (nSPS) is 11.5. The molecule has 0 spiro atoms. The fourth-order valence-corrected chi connectivity index (χ4v) is 1.86. The molecule has 0 amide bonds. The minimum atomic E-state index is 0.0508. The number of hydrogen-bond acceptors (Lipinski definition) is 4. The van der Waals surface area contributed by atoms with Crippen LogP contribution in [-0.2, 0) is 6.54 Å². The molecule has 112 valence electrons. The minimum Gasteiger partial charge on any atom is -0.436 e. The van der Waals surface area contributed by atoms with Gasteiger partial charge in [0.1, 0.15) is 10.8 Å². The maximum atomic E-state index is 6.22. The predicted molar refractivity (Wildman–Crippen MR) is 84.9 cm³/mol. The lowest BCUT2D eigenvalue weighted by Crippen LogP contribution is -2.35. The monoisotopic (exact) mass is 305 g/mol. The van der Waals surface area contributed by atoms with Gasteiger partial charge in [-0.25, -0.2) is 4.98 Å². The standard InChI is InChI=1S/C16H20ClN3O/c1-11-5-6-13(10-18-11)21-15-14(17)7-12(8-19-15)9-20-16(2,3)4/h5-8,10,20H,9H2,1-4H3. The molecule has 0 atom stereocenters. The number of nitrogens with zero attached hydrogens (tertiary/aromatic N) is 2. The number of aryl methyl sites for hydroxylation is 1. The van der Waals surface area contributed by atoms with E-state index in [0.717, 1.165) is 11.3 Å². The van der Waals surface area contributed by atoms with E-state index in [4.69, 9.17) is 16.3 Å². The summed E-state index contributed by atoms with van der Waals surface area (Å²) in [5, 5.41) is 3.88. The van der Waals surface area contributed by atoms with Gasteiger partial charge in [0.05, 0.1) is 6.20 Å². The smallest absolute Gasteiger partial charge is 0.238 e.